The van der Waals surface area contributed by atoms with Gasteiger partial charge in [-0.2, -0.15) is 0 Å². The Bertz CT molecular complexity index is 1530. The Kier molecular flexibility index (Phi) is 8.23. The van der Waals surface area contributed by atoms with Crippen LogP contribution in [0.25, 0.3) is 0 Å². The maximum Gasteiger partial charge on any atom is 0.573 e. The van der Waals surface area contributed by atoms with Crippen LogP contribution >= 0.6 is 0 Å². The number of carbonyl (C=O) groups excluding carboxylic acids is 1. The van der Waals surface area contributed by atoms with Gasteiger partial charge in [0.05, 0.1) is 16.1 Å². The van der Waals surface area contributed by atoms with Gasteiger partial charge in [-0.1, -0.05) is 6.07 Å². The summed E-state index contributed by atoms with van der Waals surface area (Å²) in [5.41, 5.74) is 0.0984. The van der Waals surface area contributed by atoms with Gasteiger partial charge in [-0.25, -0.2) is 22.8 Å². The maximum atomic E-state index is 14.5. The van der Waals surface area contributed by atoms with Crippen molar-refractivity contribution in [2.24, 2.45) is 0 Å². The fraction of sp³-hybridized carbons (Fsp3) is 0.280. The van der Waals surface area contributed by atoms with Gasteiger partial charge in [-0.05, 0) is 36.4 Å². The molecule has 2 heterocycles. The van der Waals surface area contributed by atoms with Crippen LogP contribution in [0.15, 0.2) is 53.7 Å². The standard InChI is InChI=1S/C25H23F4N5O5S/c1-40(36,37)18-5-6-21(20(26)12-18)33-22-19(13-30)23(32-14-31-22)38-16-7-9-34(10-8-16)24(35)15-3-2-4-17(11-15)39-25(27,28)29/h2-6,11-14,16,30H,7-10H2,1H3,(H,31,32,33). The Morgan fingerprint density at radius 2 is 1.88 bits per heavy atom. The van der Waals surface area contributed by atoms with Crippen LogP contribution in [0.1, 0.15) is 28.8 Å². The fourth-order valence-corrected chi connectivity index (χ4v) is 4.63. The minimum atomic E-state index is -4.87. The molecule has 1 fully saturated rings. The number of aromatic nitrogens is 2. The molecule has 3 aromatic rings. The van der Waals surface area contributed by atoms with Gasteiger partial charge >= 0.3 is 6.36 Å². The van der Waals surface area contributed by atoms with Crippen molar-refractivity contribution in [2.45, 2.75) is 30.2 Å². The highest BCUT2D eigenvalue weighted by atomic mass is 32.2. The molecule has 2 aromatic carbocycles. The van der Waals surface area contributed by atoms with E-state index in [0.29, 0.717) is 12.8 Å². The van der Waals surface area contributed by atoms with Crippen molar-refractivity contribution in [2.75, 3.05) is 24.7 Å². The number of nitrogens with zero attached hydrogens (tertiary/aromatic N) is 3. The Balaban J connectivity index is 1.41. The lowest BCUT2D eigenvalue weighted by molar-refractivity contribution is -0.274. The third-order valence-electron chi connectivity index (χ3n) is 5.94. The normalized spacial score (nSPS) is 14.5. The topological polar surface area (TPSA) is 135 Å². The number of halogens is 4. The summed E-state index contributed by atoms with van der Waals surface area (Å²) in [6.07, 6.45) is -1.50. The molecule has 4 rings (SSSR count). The van der Waals surface area contributed by atoms with Crippen molar-refractivity contribution >= 4 is 33.5 Å². The number of amides is 1. The smallest absolute Gasteiger partial charge is 0.474 e. The number of benzene rings is 2. The molecule has 1 aliphatic heterocycles. The molecule has 0 atom stereocenters. The lowest BCUT2D eigenvalue weighted by Gasteiger charge is -2.32. The van der Waals surface area contributed by atoms with Crippen LogP contribution in [0.2, 0.25) is 0 Å². The average Bonchev–Trinajstić information content (AvgIpc) is 2.88. The zero-order valence-corrected chi connectivity index (χ0v) is 21.7. The lowest BCUT2D eigenvalue weighted by atomic mass is 10.1. The SMILES string of the molecule is CS(=O)(=O)c1ccc(Nc2ncnc(OC3CCN(C(=O)c4cccc(OC(F)(F)F)c4)CC3)c2C=N)c(F)c1. The Hall–Kier alpha value is -4.27. The molecular formula is C25H23F4N5O5S. The molecule has 0 aliphatic carbocycles. The van der Waals surface area contributed by atoms with E-state index in [2.05, 4.69) is 20.0 Å². The molecule has 1 saturated heterocycles. The van der Waals surface area contributed by atoms with Crippen LogP contribution in [0.5, 0.6) is 11.6 Å². The Labute approximate surface area is 226 Å². The second-order valence-electron chi connectivity index (χ2n) is 8.81. The third kappa shape index (κ3) is 7.02. The fourth-order valence-electron chi connectivity index (χ4n) is 4.00. The van der Waals surface area contributed by atoms with Crippen LogP contribution in [-0.2, 0) is 9.84 Å². The van der Waals surface area contributed by atoms with E-state index in [1.165, 1.54) is 29.2 Å². The molecule has 40 heavy (non-hydrogen) atoms. The van der Waals surface area contributed by atoms with Crippen LogP contribution < -0.4 is 14.8 Å². The summed E-state index contributed by atoms with van der Waals surface area (Å²) in [7, 11) is -3.61. The van der Waals surface area contributed by atoms with Gasteiger partial charge in [0.25, 0.3) is 5.91 Å². The largest absolute Gasteiger partial charge is 0.573 e. The van der Waals surface area contributed by atoms with E-state index in [4.69, 9.17) is 10.1 Å². The number of carbonyl (C=O) groups is 1. The summed E-state index contributed by atoms with van der Waals surface area (Å²) in [6, 6.07) is 8.18. The monoisotopic (exact) mass is 581 g/mol. The molecule has 1 aromatic heterocycles. The Morgan fingerprint density at radius 3 is 2.50 bits per heavy atom. The molecule has 2 N–H and O–H groups in total. The number of ether oxygens (including phenoxy) is 2. The number of hydrogen-bond acceptors (Lipinski definition) is 9. The van der Waals surface area contributed by atoms with Crippen molar-refractivity contribution in [3.05, 3.63) is 65.7 Å². The molecule has 1 amide bonds. The average molecular weight is 582 g/mol. The summed E-state index contributed by atoms with van der Waals surface area (Å²) in [5.74, 6) is -1.69. The summed E-state index contributed by atoms with van der Waals surface area (Å²) < 4.78 is 85.3. The zero-order chi connectivity index (χ0) is 29.1. The highest BCUT2D eigenvalue weighted by Crippen LogP contribution is 2.29. The van der Waals surface area contributed by atoms with Gasteiger partial charge in [-0.15, -0.1) is 13.2 Å². The van der Waals surface area contributed by atoms with E-state index in [-0.39, 0.29) is 46.5 Å². The maximum absolute atomic E-state index is 14.5. The first-order valence-electron chi connectivity index (χ1n) is 11.8. The summed E-state index contributed by atoms with van der Waals surface area (Å²) in [4.78, 5) is 22.2. The molecule has 10 nitrogen and oxygen atoms in total. The number of piperidine rings is 1. The van der Waals surface area contributed by atoms with Gasteiger partial charge in [0.15, 0.2) is 9.84 Å². The molecule has 0 bridgehead atoms. The minimum absolute atomic E-state index is 0.0439. The molecular weight excluding hydrogens is 558 g/mol. The number of likely N-dealkylation sites (tertiary alicyclic amines) is 1. The van der Waals surface area contributed by atoms with Crippen molar-refractivity contribution in [1.29, 1.82) is 5.41 Å². The molecule has 0 spiro atoms. The number of anilines is 2. The van der Waals surface area contributed by atoms with Crippen molar-refractivity contribution in [3.8, 4) is 11.6 Å². The summed E-state index contributed by atoms with van der Waals surface area (Å²) >= 11 is 0. The van der Waals surface area contributed by atoms with E-state index >= 15 is 0 Å². The number of nitrogens with one attached hydrogen (secondary N) is 2. The van der Waals surface area contributed by atoms with E-state index in [9.17, 15) is 30.8 Å². The predicted octanol–water partition coefficient (Wildman–Crippen LogP) is 4.34. The summed E-state index contributed by atoms with van der Waals surface area (Å²) in [6.45, 7) is 0.504. The van der Waals surface area contributed by atoms with Gasteiger partial charge in [-0.3, -0.25) is 4.79 Å². The molecule has 0 unspecified atom stereocenters. The first kappa shape index (κ1) is 28.7. The lowest BCUT2D eigenvalue weighted by Crippen LogP contribution is -2.42. The highest BCUT2D eigenvalue weighted by Gasteiger charge is 2.32. The molecule has 1 aliphatic rings. The second-order valence-corrected chi connectivity index (χ2v) is 10.8. The van der Waals surface area contributed by atoms with E-state index in [0.717, 1.165) is 37.0 Å². The second kappa shape index (κ2) is 11.5. The number of alkyl halides is 3. The van der Waals surface area contributed by atoms with E-state index < -0.39 is 39.8 Å². The van der Waals surface area contributed by atoms with E-state index in [1.807, 2.05) is 0 Å². The molecule has 0 radical (unpaired) electrons. The first-order chi connectivity index (χ1) is 18.8. The van der Waals surface area contributed by atoms with Crippen molar-refractivity contribution in [3.63, 3.8) is 0 Å². The van der Waals surface area contributed by atoms with Crippen LogP contribution in [0.3, 0.4) is 0 Å². The predicted molar refractivity (Wildman–Crippen MR) is 135 cm³/mol. The van der Waals surface area contributed by atoms with Crippen LogP contribution in [0.4, 0.5) is 29.1 Å². The number of sulfone groups is 1. The van der Waals surface area contributed by atoms with Crippen molar-refractivity contribution in [1.82, 2.24) is 14.9 Å². The van der Waals surface area contributed by atoms with Gasteiger partial charge in [0.2, 0.25) is 5.88 Å². The molecule has 0 saturated carbocycles. The zero-order valence-electron chi connectivity index (χ0n) is 20.9. The van der Waals surface area contributed by atoms with Gasteiger partial charge in [0.1, 0.15) is 29.8 Å². The number of rotatable bonds is 8. The number of hydrogen-bond donors (Lipinski definition) is 2. The van der Waals surface area contributed by atoms with Gasteiger partial charge in [0, 0.05) is 44.0 Å². The highest BCUT2D eigenvalue weighted by molar-refractivity contribution is 7.90. The Morgan fingerprint density at radius 1 is 1.15 bits per heavy atom. The summed E-state index contributed by atoms with van der Waals surface area (Å²) in [5, 5.41) is 10.5. The molecule has 212 valence electrons. The third-order valence-corrected chi connectivity index (χ3v) is 7.05. The van der Waals surface area contributed by atoms with Crippen LogP contribution in [0, 0.1) is 11.2 Å². The first-order valence-corrected chi connectivity index (χ1v) is 13.7. The van der Waals surface area contributed by atoms with E-state index in [1.54, 1.807) is 0 Å². The minimum Gasteiger partial charge on any atom is -0.474 e. The molecule has 15 heteroatoms. The quantitative estimate of drug-likeness (QED) is 0.296. The van der Waals surface area contributed by atoms with Crippen LogP contribution in [-0.4, -0.2) is 67.2 Å². The van der Waals surface area contributed by atoms with Crippen molar-refractivity contribution < 1.29 is 40.2 Å². The van der Waals surface area contributed by atoms with Gasteiger partial charge < -0.3 is 25.1 Å².